The van der Waals surface area contributed by atoms with E-state index in [1.165, 1.54) is 4.90 Å². The minimum atomic E-state index is -0.922. The van der Waals surface area contributed by atoms with E-state index in [0.29, 0.717) is 5.69 Å². The van der Waals surface area contributed by atoms with E-state index in [9.17, 15) is 9.59 Å². The van der Waals surface area contributed by atoms with Gasteiger partial charge in [0.05, 0.1) is 5.92 Å². The molecule has 0 aliphatic rings. The number of aromatic nitrogens is 1. The average Bonchev–Trinajstić information content (AvgIpc) is 2.94. The van der Waals surface area contributed by atoms with Gasteiger partial charge in [-0.15, -0.1) is 11.3 Å². The van der Waals surface area contributed by atoms with Gasteiger partial charge in [-0.1, -0.05) is 18.7 Å². The molecule has 134 valence electrons. The summed E-state index contributed by atoms with van der Waals surface area (Å²) in [6.45, 7) is 5.61. The van der Waals surface area contributed by atoms with Crippen LogP contribution in [-0.2, 0) is 4.79 Å². The number of rotatable bonds is 6. The Labute approximate surface area is 155 Å². The van der Waals surface area contributed by atoms with Crippen LogP contribution in [0, 0.1) is 19.8 Å². The van der Waals surface area contributed by atoms with E-state index < -0.39 is 11.9 Å². The molecule has 25 heavy (non-hydrogen) atoms. The largest absolute Gasteiger partial charge is 0.481 e. The number of benzene rings is 1. The smallest absolute Gasteiger partial charge is 0.321 e. The van der Waals surface area contributed by atoms with Gasteiger partial charge in [-0.25, -0.2) is 9.78 Å². The van der Waals surface area contributed by atoms with Crippen LogP contribution in [0.4, 0.5) is 10.5 Å². The predicted octanol–water partition coefficient (Wildman–Crippen LogP) is 4.10. The topological polar surface area (TPSA) is 82.5 Å². The number of nitrogens with one attached hydrogen (secondary N) is 1. The highest BCUT2D eigenvalue weighted by Crippen LogP contribution is 2.32. The number of carbonyl (C=O) groups is 2. The van der Waals surface area contributed by atoms with Crippen LogP contribution in [0.15, 0.2) is 32.8 Å². The second-order valence-electron chi connectivity index (χ2n) is 5.88. The molecular weight excluding hydrogens is 358 g/mol. The molecule has 2 aromatic rings. The standard InChI is InChI=1S/C17H21N3O3S2/c1-10-7-13(25-17-18-12(3)9-24-17)5-6-14(10)19-16(23)20(4)8-11(2)15(21)22/h5-7,9,11H,8H2,1-4H3,(H,19,23)(H,21,22). The lowest BCUT2D eigenvalue weighted by Gasteiger charge is -2.20. The number of aliphatic carboxylic acids is 1. The van der Waals surface area contributed by atoms with Gasteiger partial charge in [-0.05, 0) is 37.6 Å². The maximum atomic E-state index is 12.2. The van der Waals surface area contributed by atoms with Gasteiger partial charge in [-0.2, -0.15) is 0 Å². The Bertz CT molecular complexity index is 776. The first-order valence-corrected chi connectivity index (χ1v) is 9.41. The minimum absolute atomic E-state index is 0.150. The van der Waals surface area contributed by atoms with Gasteiger partial charge >= 0.3 is 12.0 Å². The van der Waals surface area contributed by atoms with Crippen molar-refractivity contribution in [1.29, 1.82) is 0 Å². The van der Waals surface area contributed by atoms with E-state index in [1.54, 1.807) is 37.1 Å². The van der Waals surface area contributed by atoms with Crippen molar-refractivity contribution >= 4 is 40.8 Å². The summed E-state index contributed by atoms with van der Waals surface area (Å²) in [6.07, 6.45) is 0. The molecule has 0 fully saturated rings. The summed E-state index contributed by atoms with van der Waals surface area (Å²) >= 11 is 3.19. The number of urea groups is 1. The predicted molar refractivity (Wildman–Crippen MR) is 101 cm³/mol. The fourth-order valence-corrected chi connectivity index (χ4v) is 4.01. The number of nitrogens with zero attached hydrogens (tertiary/aromatic N) is 2. The fraction of sp³-hybridized carbons (Fsp3) is 0.353. The molecule has 0 spiro atoms. The normalized spacial score (nSPS) is 11.8. The van der Waals surface area contributed by atoms with Gasteiger partial charge in [-0.3, -0.25) is 4.79 Å². The summed E-state index contributed by atoms with van der Waals surface area (Å²) in [4.78, 5) is 30.0. The maximum absolute atomic E-state index is 12.2. The molecule has 6 nitrogen and oxygen atoms in total. The Kier molecular flexibility index (Phi) is 6.44. The molecule has 0 radical (unpaired) electrons. The van der Waals surface area contributed by atoms with E-state index >= 15 is 0 Å². The molecule has 0 saturated carbocycles. The highest BCUT2D eigenvalue weighted by Gasteiger charge is 2.18. The zero-order valence-electron chi connectivity index (χ0n) is 14.6. The molecule has 1 aromatic carbocycles. The van der Waals surface area contributed by atoms with Gasteiger partial charge in [0.1, 0.15) is 0 Å². The number of hydrogen-bond donors (Lipinski definition) is 2. The molecule has 2 N–H and O–H groups in total. The van der Waals surface area contributed by atoms with Crippen LogP contribution in [0.25, 0.3) is 0 Å². The van der Waals surface area contributed by atoms with Crippen molar-refractivity contribution in [1.82, 2.24) is 9.88 Å². The van der Waals surface area contributed by atoms with Crippen molar-refractivity contribution in [2.24, 2.45) is 5.92 Å². The summed E-state index contributed by atoms with van der Waals surface area (Å²) in [7, 11) is 1.58. The molecule has 0 aliphatic heterocycles. The van der Waals surface area contributed by atoms with Crippen molar-refractivity contribution in [2.75, 3.05) is 18.9 Å². The molecule has 1 unspecified atom stereocenters. The van der Waals surface area contributed by atoms with Crippen LogP contribution in [0.3, 0.4) is 0 Å². The van der Waals surface area contributed by atoms with Gasteiger partial charge in [0.15, 0.2) is 4.34 Å². The molecule has 2 amide bonds. The molecule has 1 heterocycles. The Morgan fingerprint density at radius 1 is 1.40 bits per heavy atom. The number of carbonyl (C=O) groups excluding carboxylic acids is 1. The molecule has 8 heteroatoms. The van der Waals surface area contributed by atoms with Gasteiger partial charge < -0.3 is 15.3 Å². The molecule has 0 saturated heterocycles. The van der Waals surface area contributed by atoms with Crippen molar-refractivity contribution in [2.45, 2.75) is 30.0 Å². The molecule has 1 atom stereocenters. The van der Waals surface area contributed by atoms with E-state index in [4.69, 9.17) is 5.11 Å². The van der Waals surface area contributed by atoms with E-state index in [0.717, 1.165) is 20.5 Å². The zero-order valence-corrected chi connectivity index (χ0v) is 16.2. The number of aryl methyl sites for hydroxylation is 2. The van der Waals surface area contributed by atoms with Crippen LogP contribution in [-0.4, -0.2) is 40.6 Å². The summed E-state index contributed by atoms with van der Waals surface area (Å²) in [5.74, 6) is -1.54. The third-order valence-corrected chi connectivity index (χ3v) is 5.60. The summed E-state index contributed by atoms with van der Waals surface area (Å²) in [5.41, 5.74) is 2.65. The lowest BCUT2D eigenvalue weighted by atomic mass is 10.2. The van der Waals surface area contributed by atoms with Crippen molar-refractivity contribution in [3.63, 3.8) is 0 Å². The first-order valence-electron chi connectivity index (χ1n) is 7.72. The summed E-state index contributed by atoms with van der Waals surface area (Å²) < 4.78 is 0.982. The van der Waals surface area contributed by atoms with Crippen molar-refractivity contribution < 1.29 is 14.7 Å². The van der Waals surface area contributed by atoms with Crippen LogP contribution in [0.5, 0.6) is 0 Å². The van der Waals surface area contributed by atoms with Crippen LogP contribution >= 0.6 is 23.1 Å². The molecule has 2 rings (SSSR count). The SMILES string of the molecule is Cc1csc(Sc2ccc(NC(=O)N(C)CC(C)C(=O)O)c(C)c2)n1. The second kappa shape index (κ2) is 8.35. The first-order chi connectivity index (χ1) is 11.8. The van der Waals surface area contributed by atoms with Gasteiger partial charge in [0.25, 0.3) is 0 Å². The number of anilines is 1. The average molecular weight is 380 g/mol. The van der Waals surface area contributed by atoms with Gasteiger partial charge in [0.2, 0.25) is 0 Å². The lowest BCUT2D eigenvalue weighted by molar-refractivity contribution is -0.141. The van der Waals surface area contributed by atoms with Gasteiger partial charge in [0, 0.05) is 35.2 Å². The minimum Gasteiger partial charge on any atom is -0.481 e. The van der Waals surface area contributed by atoms with Crippen molar-refractivity contribution in [3.8, 4) is 0 Å². The number of hydrogen-bond acceptors (Lipinski definition) is 5. The van der Waals surface area contributed by atoms with Crippen LogP contribution < -0.4 is 5.32 Å². The van der Waals surface area contributed by atoms with Crippen molar-refractivity contribution in [3.05, 3.63) is 34.8 Å². The summed E-state index contributed by atoms with van der Waals surface area (Å²) in [6, 6.07) is 5.46. The highest BCUT2D eigenvalue weighted by molar-refractivity contribution is 8.01. The number of carboxylic acid groups (broad SMARTS) is 1. The highest BCUT2D eigenvalue weighted by atomic mass is 32.2. The third-order valence-electron chi connectivity index (χ3n) is 3.56. The third kappa shape index (κ3) is 5.47. The molecular formula is C17H21N3O3S2. The van der Waals surface area contributed by atoms with E-state index in [2.05, 4.69) is 10.3 Å². The van der Waals surface area contributed by atoms with Crippen LogP contribution in [0.1, 0.15) is 18.2 Å². The Morgan fingerprint density at radius 3 is 2.68 bits per heavy atom. The monoisotopic (exact) mass is 379 g/mol. The zero-order chi connectivity index (χ0) is 18.6. The van der Waals surface area contributed by atoms with Crippen LogP contribution in [0.2, 0.25) is 0 Å². The number of carboxylic acids is 1. The quantitative estimate of drug-likeness (QED) is 0.790. The molecule has 0 aliphatic carbocycles. The van der Waals surface area contributed by atoms with E-state index in [1.807, 2.05) is 37.4 Å². The Hall–Kier alpha value is -2.06. The lowest BCUT2D eigenvalue weighted by Crippen LogP contribution is -2.36. The number of thiazole rings is 1. The Balaban J connectivity index is 2.00. The summed E-state index contributed by atoms with van der Waals surface area (Å²) in [5, 5.41) is 13.8. The number of amides is 2. The molecule has 1 aromatic heterocycles. The van der Waals surface area contributed by atoms with E-state index in [-0.39, 0.29) is 12.6 Å². The maximum Gasteiger partial charge on any atom is 0.321 e. The second-order valence-corrected chi connectivity index (χ2v) is 8.06. The fourth-order valence-electron chi connectivity index (χ4n) is 2.10. The Morgan fingerprint density at radius 2 is 2.12 bits per heavy atom. The molecule has 0 bridgehead atoms. The first kappa shape index (κ1) is 19.3.